The summed E-state index contributed by atoms with van der Waals surface area (Å²) in [5, 5.41) is 0. The average Bonchev–Trinajstić information content (AvgIpc) is 2.37. The minimum absolute atomic E-state index is 0.516. The smallest absolute Gasteiger partial charge is 0.154 e. The van der Waals surface area contributed by atoms with E-state index in [1.807, 2.05) is 49.4 Å². The first-order valence-electron chi connectivity index (χ1n) is 5.65. The Balaban J connectivity index is 2.23. The fraction of sp³-hybridized carbons (Fsp3) is 0.143. The van der Waals surface area contributed by atoms with Crippen LogP contribution in [0.25, 0.3) is 0 Å². The van der Waals surface area contributed by atoms with E-state index in [-0.39, 0.29) is 0 Å². The average molecular weight is 308 g/mol. The van der Waals surface area contributed by atoms with Crippen LogP contribution in [0.2, 0.25) is 0 Å². The molecule has 0 amide bonds. The molecule has 94 valence electrons. The molecule has 2 rings (SSSR count). The number of rotatable bonds is 4. The van der Waals surface area contributed by atoms with E-state index in [1.165, 1.54) is 0 Å². The van der Waals surface area contributed by atoms with E-state index >= 15 is 0 Å². The van der Waals surface area contributed by atoms with Crippen LogP contribution >= 0.6 is 15.9 Å². The zero-order valence-electron chi connectivity index (χ0n) is 10.0. The highest BCUT2D eigenvalue weighted by Crippen LogP contribution is 2.34. The topological polar surface area (TPSA) is 44.5 Å². The Bertz CT molecular complexity index is 526. The van der Waals surface area contributed by atoms with Crippen molar-refractivity contribution in [1.82, 2.24) is 0 Å². The van der Waals surface area contributed by atoms with E-state index in [0.717, 1.165) is 10.2 Å². The molecule has 0 fully saturated rings. The van der Waals surface area contributed by atoms with Gasteiger partial charge in [0.25, 0.3) is 0 Å². The van der Waals surface area contributed by atoms with E-state index in [1.54, 1.807) is 0 Å². The Morgan fingerprint density at radius 3 is 2.39 bits per heavy atom. The lowest BCUT2D eigenvalue weighted by atomic mass is 10.2. The highest BCUT2D eigenvalue weighted by Gasteiger charge is 2.07. The van der Waals surface area contributed by atoms with Gasteiger partial charge in [-0.3, -0.25) is 0 Å². The van der Waals surface area contributed by atoms with Crippen molar-refractivity contribution in [3.63, 3.8) is 0 Å². The van der Waals surface area contributed by atoms with Gasteiger partial charge in [0.2, 0.25) is 0 Å². The SMILES string of the molecule is CCOc1cccc(Oc2ccc(Br)cc2)c1N. The summed E-state index contributed by atoms with van der Waals surface area (Å²) in [6.45, 7) is 2.49. The van der Waals surface area contributed by atoms with Crippen molar-refractivity contribution in [3.8, 4) is 17.2 Å². The van der Waals surface area contributed by atoms with Crippen molar-refractivity contribution in [3.05, 3.63) is 46.9 Å². The van der Waals surface area contributed by atoms with Crippen LogP contribution in [0.15, 0.2) is 46.9 Å². The number of hydrogen-bond donors (Lipinski definition) is 1. The zero-order chi connectivity index (χ0) is 13.0. The maximum atomic E-state index is 5.99. The van der Waals surface area contributed by atoms with E-state index in [9.17, 15) is 0 Å². The molecule has 0 aromatic heterocycles. The number of nitrogen functional groups attached to an aromatic ring is 1. The van der Waals surface area contributed by atoms with Crippen LogP contribution in [0.3, 0.4) is 0 Å². The molecule has 0 bridgehead atoms. The lowest BCUT2D eigenvalue weighted by Crippen LogP contribution is -1.98. The van der Waals surface area contributed by atoms with Crippen LogP contribution in [-0.4, -0.2) is 6.61 Å². The maximum Gasteiger partial charge on any atom is 0.154 e. The van der Waals surface area contributed by atoms with Crippen LogP contribution in [0.1, 0.15) is 6.92 Å². The number of halogens is 1. The summed E-state index contributed by atoms with van der Waals surface area (Å²) in [5.41, 5.74) is 6.50. The molecule has 2 aromatic carbocycles. The summed E-state index contributed by atoms with van der Waals surface area (Å²) in [6.07, 6.45) is 0. The fourth-order valence-electron chi connectivity index (χ4n) is 1.52. The van der Waals surface area contributed by atoms with Gasteiger partial charge in [0.1, 0.15) is 17.2 Å². The normalized spacial score (nSPS) is 10.1. The van der Waals surface area contributed by atoms with Gasteiger partial charge in [0.15, 0.2) is 5.75 Å². The number of anilines is 1. The third kappa shape index (κ3) is 2.96. The summed E-state index contributed by atoms with van der Waals surface area (Å²) >= 11 is 3.38. The second kappa shape index (κ2) is 5.78. The van der Waals surface area contributed by atoms with Gasteiger partial charge >= 0.3 is 0 Å². The molecular weight excluding hydrogens is 294 g/mol. The Morgan fingerprint density at radius 2 is 1.72 bits per heavy atom. The number of benzene rings is 2. The number of nitrogens with two attached hydrogens (primary N) is 1. The Kier molecular flexibility index (Phi) is 4.10. The minimum atomic E-state index is 0.516. The molecule has 4 heteroatoms. The predicted octanol–water partition coefficient (Wildman–Crippen LogP) is 4.22. The monoisotopic (exact) mass is 307 g/mol. The molecule has 0 aliphatic carbocycles. The molecule has 18 heavy (non-hydrogen) atoms. The van der Waals surface area contributed by atoms with Crippen molar-refractivity contribution in [1.29, 1.82) is 0 Å². The highest BCUT2D eigenvalue weighted by atomic mass is 79.9. The summed E-state index contributed by atoms with van der Waals surface area (Å²) in [7, 11) is 0. The molecule has 0 unspecified atom stereocenters. The van der Waals surface area contributed by atoms with Crippen LogP contribution in [0, 0.1) is 0 Å². The van der Waals surface area contributed by atoms with Gasteiger partial charge < -0.3 is 15.2 Å². The maximum absolute atomic E-state index is 5.99. The molecule has 0 radical (unpaired) electrons. The third-order valence-electron chi connectivity index (χ3n) is 2.37. The van der Waals surface area contributed by atoms with Crippen molar-refractivity contribution in [2.24, 2.45) is 0 Å². The molecule has 2 N–H and O–H groups in total. The van der Waals surface area contributed by atoms with Gasteiger partial charge in [-0.1, -0.05) is 22.0 Å². The molecule has 2 aromatic rings. The highest BCUT2D eigenvalue weighted by molar-refractivity contribution is 9.10. The van der Waals surface area contributed by atoms with Crippen molar-refractivity contribution < 1.29 is 9.47 Å². The van der Waals surface area contributed by atoms with E-state index in [4.69, 9.17) is 15.2 Å². The number of para-hydroxylation sites is 1. The summed E-state index contributed by atoms with van der Waals surface area (Å²) in [4.78, 5) is 0. The van der Waals surface area contributed by atoms with Crippen LogP contribution in [0.5, 0.6) is 17.2 Å². The molecular formula is C14H14BrNO2. The molecule has 0 heterocycles. The van der Waals surface area contributed by atoms with Crippen LogP contribution in [0.4, 0.5) is 5.69 Å². The first-order valence-corrected chi connectivity index (χ1v) is 6.44. The molecule has 0 aliphatic rings. The molecule has 0 saturated heterocycles. The standard InChI is InChI=1S/C14H14BrNO2/c1-2-17-12-4-3-5-13(14(12)16)18-11-8-6-10(15)7-9-11/h3-9H,2,16H2,1H3. The lowest BCUT2D eigenvalue weighted by molar-refractivity contribution is 0.340. The predicted molar refractivity (Wildman–Crippen MR) is 76.2 cm³/mol. The quantitative estimate of drug-likeness (QED) is 0.860. The van der Waals surface area contributed by atoms with E-state index in [2.05, 4.69) is 15.9 Å². The van der Waals surface area contributed by atoms with Crippen LogP contribution < -0.4 is 15.2 Å². The first-order chi connectivity index (χ1) is 8.70. The number of hydrogen-bond acceptors (Lipinski definition) is 3. The van der Waals surface area contributed by atoms with Crippen molar-refractivity contribution >= 4 is 21.6 Å². The lowest BCUT2D eigenvalue weighted by Gasteiger charge is -2.12. The van der Waals surface area contributed by atoms with E-state index < -0.39 is 0 Å². The van der Waals surface area contributed by atoms with Gasteiger partial charge in [0, 0.05) is 4.47 Å². The fourth-order valence-corrected chi connectivity index (χ4v) is 1.79. The molecule has 0 spiro atoms. The molecule has 3 nitrogen and oxygen atoms in total. The van der Waals surface area contributed by atoms with Crippen molar-refractivity contribution in [2.75, 3.05) is 12.3 Å². The largest absolute Gasteiger partial charge is 0.492 e. The van der Waals surface area contributed by atoms with Crippen molar-refractivity contribution in [2.45, 2.75) is 6.92 Å². The van der Waals surface area contributed by atoms with Gasteiger partial charge in [-0.2, -0.15) is 0 Å². The second-order valence-corrected chi connectivity index (χ2v) is 4.57. The summed E-state index contributed by atoms with van der Waals surface area (Å²) < 4.78 is 12.2. The molecule has 0 atom stereocenters. The first kappa shape index (κ1) is 12.8. The molecule has 0 aliphatic heterocycles. The third-order valence-corrected chi connectivity index (χ3v) is 2.90. The Hall–Kier alpha value is -1.68. The van der Waals surface area contributed by atoms with Gasteiger partial charge in [0.05, 0.1) is 6.61 Å². The van der Waals surface area contributed by atoms with Crippen LogP contribution in [-0.2, 0) is 0 Å². The van der Waals surface area contributed by atoms with Gasteiger partial charge in [-0.15, -0.1) is 0 Å². The summed E-state index contributed by atoms with van der Waals surface area (Å²) in [6, 6.07) is 13.1. The van der Waals surface area contributed by atoms with E-state index in [0.29, 0.717) is 23.8 Å². The number of ether oxygens (including phenoxy) is 2. The Morgan fingerprint density at radius 1 is 1.06 bits per heavy atom. The van der Waals surface area contributed by atoms with Gasteiger partial charge in [-0.25, -0.2) is 0 Å². The molecule has 0 saturated carbocycles. The Labute approximate surface area is 115 Å². The van der Waals surface area contributed by atoms with Gasteiger partial charge in [-0.05, 0) is 43.3 Å². The zero-order valence-corrected chi connectivity index (χ0v) is 11.6. The summed E-state index contributed by atoms with van der Waals surface area (Å²) in [5.74, 6) is 1.98. The second-order valence-electron chi connectivity index (χ2n) is 3.66. The minimum Gasteiger partial charge on any atom is -0.492 e.